The van der Waals surface area contributed by atoms with E-state index in [1.165, 1.54) is 16.7 Å². The molecule has 13 heavy (non-hydrogen) atoms. The highest BCUT2D eigenvalue weighted by Crippen LogP contribution is 2.26. The van der Waals surface area contributed by atoms with Crippen LogP contribution in [0.5, 0.6) is 0 Å². The van der Waals surface area contributed by atoms with Crippen molar-refractivity contribution in [2.75, 3.05) is 0 Å². The Hall–Kier alpha value is -0.810. The second-order valence-corrected chi connectivity index (χ2v) is 4.06. The largest absolute Gasteiger partial charge is 0.198 e. The molecular formula is C11H12BrN. The first kappa shape index (κ1) is 10.3. The van der Waals surface area contributed by atoms with Crippen LogP contribution < -0.4 is 0 Å². The molecule has 0 aromatic heterocycles. The molecule has 0 fully saturated rings. The fraction of sp³-hybridized carbons (Fsp3) is 0.364. The van der Waals surface area contributed by atoms with Crippen LogP contribution in [0.3, 0.4) is 0 Å². The molecular weight excluding hydrogens is 226 g/mol. The third-order valence-corrected chi connectivity index (χ3v) is 3.51. The highest BCUT2D eigenvalue weighted by molar-refractivity contribution is 9.10. The normalized spacial score (nSPS) is 9.77. The van der Waals surface area contributed by atoms with Crippen molar-refractivity contribution in [3.8, 4) is 6.07 Å². The van der Waals surface area contributed by atoms with Crippen molar-refractivity contribution in [1.82, 2.24) is 0 Å². The smallest absolute Gasteiger partial charge is 0.0669 e. The predicted molar refractivity (Wildman–Crippen MR) is 57.7 cm³/mol. The van der Waals surface area contributed by atoms with Crippen molar-refractivity contribution in [3.05, 3.63) is 32.8 Å². The Balaban J connectivity index is 3.36. The van der Waals surface area contributed by atoms with E-state index in [1.54, 1.807) is 0 Å². The minimum absolute atomic E-state index is 0.497. The van der Waals surface area contributed by atoms with Crippen LogP contribution in [0.4, 0.5) is 0 Å². The molecule has 0 radical (unpaired) electrons. The van der Waals surface area contributed by atoms with Crippen molar-refractivity contribution in [3.63, 3.8) is 0 Å². The van der Waals surface area contributed by atoms with E-state index < -0.39 is 0 Å². The van der Waals surface area contributed by atoms with Crippen LogP contribution in [0.1, 0.15) is 22.3 Å². The minimum Gasteiger partial charge on any atom is -0.198 e. The van der Waals surface area contributed by atoms with E-state index in [1.807, 2.05) is 0 Å². The molecule has 0 atom stereocenters. The summed E-state index contributed by atoms with van der Waals surface area (Å²) in [5.74, 6) is 0. The van der Waals surface area contributed by atoms with Gasteiger partial charge in [-0.3, -0.25) is 0 Å². The molecule has 0 bridgehead atoms. The molecule has 2 heteroatoms. The summed E-state index contributed by atoms with van der Waals surface area (Å²) in [7, 11) is 0. The maximum absolute atomic E-state index is 8.66. The topological polar surface area (TPSA) is 23.8 Å². The summed E-state index contributed by atoms with van der Waals surface area (Å²) in [6.07, 6.45) is 0.497. The van der Waals surface area contributed by atoms with Gasteiger partial charge in [-0.1, -0.05) is 22.0 Å². The van der Waals surface area contributed by atoms with Gasteiger partial charge in [-0.2, -0.15) is 5.26 Å². The molecule has 0 spiro atoms. The zero-order valence-corrected chi connectivity index (χ0v) is 9.70. The van der Waals surface area contributed by atoms with Crippen LogP contribution in [-0.4, -0.2) is 0 Å². The number of hydrogen-bond donors (Lipinski definition) is 0. The Kier molecular flexibility index (Phi) is 3.11. The molecule has 0 saturated heterocycles. The Morgan fingerprint density at radius 2 is 1.92 bits per heavy atom. The van der Waals surface area contributed by atoms with E-state index in [0.717, 1.165) is 10.0 Å². The standard InChI is InChI=1S/C11H12BrN/c1-7-6-8(2)11(12)9(3)10(7)4-5-13/h6H,4H2,1-3H3. The summed E-state index contributed by atoms with van der Waals surface area (Å²) in [5.41, 5.74) is 4.79. The van der Waals surface area contributed by atoms with E-state index in [9.17, 15) is 0 Å². The zero-order chi connectivity index (χ0) is 10.0. The molecule has 68 valence electrons. The molecule has 0 aliphatic heterocycles. The fourth-order valence-electron chi connectivity index (χ4n) is 1.55. The first-order chi connectivity index (χ1) is 6.07. The van der Waals surface area contributed by atoms with Gasteiger partial charge in [-0.25, -0.2) is 0 Å². The van der Waals surface area contributed by atoms with Crippen LogP contribution in [0.25, 0.3) is 0 Å². The van der Waals surface area contributed by atoms with Gasteiger partial charge in [0, 0.05) is 4.47 Å². The van der Waals surface area contributed by atoms with E-state index >= 15 is 0 Å². The number of benzene rings is 1. The van der Waals surface area contributed by atoms with Gasteiger partial charge in [-0.05, 0) is 43.0 Å². The Labute approximate surface area is 87.5 Å². The average Bonchev–Trinajstić information content (AvgIpc) is 2.09. The predicted octanol–water partition coefficient (Wildman–Crippen LogP) is 3.44. The lowest BCUT2D eigenvalue weighted by atomic mass is 9.98. The molecule has 0 N–H and O–H groups in total. The van der Waals surface area contributed by atoms with Gasteiger partial charge in [0.15, 0.2) is 0 Å². The zero-order valence-electron chi connectivity index (χ0n) is 8.11. The summed E-state index contributed by atoms with van der Waals surface area (Å²) in [5, 5.41) is 8.66. The summed E-state index contributed by atoms with van der Waals surface area (Å²) < 4.78 is 1.13. The Bertz CT molecular complexity index is 375. The maximum atomic E-state index is 8.66. The van der Waals surface area contributed by atoms with Gasteiger partial charge in [0.1, 0.15) is 0 Å². The third-order valence-electron chi connectivity index (χ3n) is 2.29. The highest BCUT2D eigenvalue weighted by atomic mass is 79.9. The minimum atomic E-state index is 0.497. The summed E-state index contributed by atoms with van der Waals surface area (Å²) in [6, 6.07) is 4.31. The highest BCUT2D eigenvalue weighted by Gasteiger charge is 2.07. The average molecular weight is 238 g/mol. The molecule has 1 aromatic carbocycles. The maximum Gasteiger partial charge on any atom is 0.0669 e. The Morgan fingerprint density at radius 3 is 2.46 bits per heavy atom. The third kappa shape index (κ3) is 1.92. The summed E-state index contributed by atoms with van der Waals surface area (Å²) >= 11 is 3.52. The monoisotopic (exact) mass is 237 g/mol. The van der Waals surface area contributed by atoms with Crippen molar-refractivity contribution < 1.29 is 0 Å². The number of hydrogen-bond acceptors (Lipinski definition) is 1. The first-order valence-corrected chi connectivity index (χ1v) is 4.99. The number of rotatable bonds is 1. The molecule has 0 amide bonds. The van der Waals surface area contributed by atoms with Crippen LogP contribution >= 0.6 is 15.9 Å². The lowest BCUT2D eigenvalue weighted by Crippen LogP contribution is -1.95. The summed E-state index contributed by atoms with van der Waals surface area (Å²) in [4.78, 5) is 0. The van der Waals surface area contributed by atoms with Crippen molar-refractivity contribution in [1.29, 1.82) is 5.26 Å². The molecule has 1 rings (SSSR count). The molecule has 0 saturated carbocycles. The van der Waals surface area contributed by atoms with Crippen molar-refractivity contribution in [2.24, 2.45) is 0 Å². The second-order valence-electron chi connectivity index (χ2n) is 3.26. The van der Waals surface area contributed by atoms with Crippen molar-refractivity contribution >= 4 is 15.9 Å². The summed E-state index contributed by atoms with van der Waals surface area (Å²) in [6.45, 7) is 6.18. The first-order valence-electron chi connectivity index (χ1n) is 4.20. The Morgan fingerprint density at radius 1 is 1.31 bits per heavy atom. The van der Waals surface area contributed by atoms with Gasteiger partial charge in [0.2, 0.25) is 0 Å². The SMILES string of the molecule is Cc1cc(C)c(CC#N)c(C)c1Br. The van der Waals surface area contributed by atoms with Gasteiger partial charge in [-0.15, -0.1) is 0 Å². The van der Waals surface area contributed by atoms with Crippen LogP contribution in [-0.2, 0) is 6.42 Å². The van der Waals surface area contributed by atoms with E-state index in [0.29, 0.717) is 6.42 Å². The number of halogens is 1. The number of nitrogens with zero attached hydrogens (tertiary/aromatic N) is 1. The van der Waals surface area contributed by atoms with E-state index in [-0.39, 0.29) is 0 Å². The van der Waals surface area contributed by atoms with Gasteiger partial charge < -0.3 is 0 Å². The van der Waals surface area contributed by atoms with Gasteiger partial charge in [0.25, 0.3) is 0 Å². The molecule has 1 nitrogen and oxygen atoms in total. The molecule has 0 heterocycles. The molecule has 0 unspecified atom stereocenters. The molecule has 0 aliphatic carbocycles. The van der Waals surface area contributed by atoms with E-state index in [4.69, 9.17) is 5.26 Å². The van der Waals surface area contributed by atoms with Crippen LogP contribution in [0.15, 0.2) is 10.5 Å². The molecule has 1 aromatic rings. The number of aryl methyl sites for hydroxylation is 2. The quantitative estimate of drug-likeness (QED) is 0.735. The number of nitriles is 1. The fourth-order valence-corrected chi connectivity index (χ4v) is 1.90. The lowest BCUT2D eigenvalue weighted by Gasteiger charge is -2.10. The molecule has 0 aliphatic rings. The van der Waals surface area contributed by atoms with Crippen LogP contribution in [0.2, 0.25) is 0 Å². The van der Waals surface area contributed by atoms with Crippen LogP contribution in [0, 0.1) is 32.1 Å². The second kappa shape index (κ2) is 3.93. The van der Waals surface area contributed by atoms with E-state index in [2.05, 4.69) is 48.8 Å². The lowest BCUT2D eigenvalue weighted by molar-refractivity contribution is 1.14. The van der Waals surface area contributed by atoms with Crippen molar-refractivity contribution in [2.45, 2.75) is 27.2 Å². The van der Waals surface area contributed by atoms with Gasteiger partial charge in [0.05, 0.1) is 12.5 Å². The van der Waals surface area contributed by atoms with Gasteiger partial charge >= 0.3 is 0 Å².